The summed E-state index contributed by atoms with van der Waals surface area (Å²) in [4.78, 5) is 11.3. The first-order valence-corrected chi connectivity index (χ1v) is 5.77. The molecule has 1 heterocycles. The minimum absolute atomic E-state index is 0.310. The number of carboxylic acid groups (broad SMARTS) is 1. The van der Waals surface area contributed by atoms with Crippen LogP contribution in [0.1, 0.15) is 17.2 Å². The summed E-state index contributed by atoms with van der Waals surface area (Å²) in [6, 6.07) is 6.81. The third-order valence-corrected chi connectivity index (χ3v) is 2.89. The molecule has 0 bridgehead atoms. The van der Waals surface area contributed by atoms with Gasteiger partial charge in [0.25, 0.3) is 0 Å². The molecule has 1 atom stereocenters. The predicted octanol–water partition coefficient (Wildman–Crippen LogP) is 1.88. The molecule has 0 fully saturated rings. The summed E-state index contributed by atoms with van der Waals surface area (Å²) in [6.45, 7) is 0. The van der Waals surface area contributed by atoms with Gasteiger partial charge in [0.1, 0.15) is 0 Å². The summed E-state index contributed by atoms with van der Waals surface area (Å²) in [5, 5.41) is 17.6. The number of benzene rings is 1. The minimum Gasteiger partial charge on any atom is -0.481 e. The highest BCUT2D eigenvalue weighted by molar-refractivity contribution is 6.30. The highest BCUT2D eigenvalue weighted by Crippen LogP contribution is 2.22. The van der Waals surface area contributed by atoms with Crippen LogP contribution in [-0.2, 0) is 18.3 Å². The van der Waals surface area contributed by atoms with Gasteiger partial charge in [0.15, 0.2) is 0 Å². The van der Waals surface area contributed by atoms with Crippen molar-refractivity contribution in [3.63, 3.8) is 0 Å². The van der Waals surface area contributed by atoms with E-state index < -0.39 is 11.9 Å². The van der Waals surface area contributed by atoms with E-state index in [1.54, 1.807) is 42.2 Å². The molecule has 1 aromatic heterocycles. The van der Waals surface area contributed by atoms with E-state index in [0.717, 1.165) is 0 Å². The van der Waals surface area contributed by atoms with Gasteiger partial charge in [-0.25, -0.2) is 0 Å². The summed E-state index contributed by atoms with van der Waals surface area (Å²) in [5.41, 5.74) is 1.36. The maximum atomic E-state index is 11.3. The summed E-state index contributed by atoms with van der Waals surface area (Å²) in [5.74, 6) is -1.53. The van der Waals surface area contributed by atoms with Crippen molar-refractivity contribution in [1.29, 1.82) is 0 Å². The van der Waals surface area contributed by atoms with E-state index in [2.05, 4.69) is 10.3 Å². The summed E-state index contributed by atoms with van der Waals surface area (Å²) < 4.78 is 1.55. The summed E-state index contributed by atoms with van der Waals surface area (Å²) in [6.07, 6.45) is 2.02. The summed E-state index contributed by atoms with van der Waals surface area (Å²) >= 11 is 5.79. The van der Waals surface area contributed by atoms with Crippen molar-refractivity contribution in [2.45, 2.75) is 12.3 Å². The van der Waals surface area contributed by atoms with Crippen LogP contribution in [0.15, 0.2) is 30.5 Å². The molecule has 18 heavy (non-hydrogen) atoms. The van der Waals surface area contributed by atoms with Crippen LogP contribution in [0.2, 0.25) is 5.02 Å². The van der Waals surface area contributed by atoms with Crippen LogP contribution in [0.25, 0.3) is 0 Å². The number of halogens is 1. The van der Waals surface area contributed by atoms with E-state index in [4.69, 9.17) is 11.6 Å². The number of rotatable bonds is 4. The first-order chi connectivity index (χ1) is 8.56. The molecule has 0 spiro atoms. The van der Waals surface area contributed by atoms with Crippen LogP contribution in [0, 0.1) is 0 Å². The molecule has 1 aromatic carbocycles. The van der Waals surface area contributed by atoms with Crippen LogP contribution < -0.4 is 0 Å². The van der Waals surface area contributed by atoms with Crippen molar-refractivity contribution >= 4 is 17.6 Å². The molecule has 0 aliphatic rings. The SMILES string of the molecule is Cn1cc(CC(C(=O)O)c2ccc(Cl)cc2)nn1. The maximum absolute atomic E-state index is 11.3. The van der Waals surface area contributed by atoms with Gasteiger partial charge < -0.3 is 5.11 Å². The molecule has 2 aromatic rings. The Balaban J connectivity index is 2.23. The second-order valence-corrected chi connectivity index (χ2v) is 4.47. The lowest BCUT2D eigenvalue weighted by molar-refractivity contribution is -0.138. The van der Waals surface area contributed by atoms with Gasteiger partial charge in [-0.2, -0.15) is 0 Å². The van der Waals surface area contributed by atoms with Crippen molar-refractivity contribution in [2.75, 3.05) is 0 Å². The second kappa shape index (κ2) is 5.18. The maximum Gasteiger partial charge on any atom is 0.311 e. The molecule has 0 amide bonds. The van der Waals surface area contributed by atoms with Gasteiger partial charge in [0.2, 0.25) is 0 Å². The van der Waals surface area contributed by atoms with E-state index in [0.29, 0.717) is 22.7 Å². The minimum atomic E-state index is -0.886. The number of nitrogens with zero attached hydrogens (tertiary/aromatic N) is 3. The second-order valence-electron chi connectivity index (χ2n) is 4.03. The van der Waals surface area contributed by atoms with Gasteiger partial charge in [-0.05, 0) is 17.7 Å². The number of hydrogen-bond donors (Lipinski definition) is 1. The fraction of sp³-hybridized carbons (Fsp3) is 0.250. The van der Waals surface area contributed by atoms with E-state index in [-0.39, 0.29) is 0 Å². The molecule has 0 aliphatic heterocycles. The number of hydrogen-bond acceptors (Lipinski definition) is 3. The first kappa shape index (κ1) is 12.6. The Labute approximate surface area is 109 Å². The largest absolute Gasteiger partial charge is 0.481 e. The van der Waals surface area contributed by atoms with Gasteiger partial charge in [-0.1, -0.05) is 28.9 Å². The molecule has 1 unspecified atom stereocenters. The van der Waals surface area contributed by atoms with Crippen LogP contribution in [0.3, 0.4) is 0 Å². The van der Waals surface area contributed by atoms with Crippen LogP contribution >= 0.6 is 11.6 Å². The van der Waals surface area contributed by atoms with E-state index in [1.165, 1.54) is 0 Å². The quantitative estimate of drug-likeness (QED) is 0.916. The number of aryl methyl sites for hydroxylation is 1. The van der Waals surface area contributed by atoms with Gasteiger partial charge in [0.05, 0.1) is 11.6 Å². The highest BCUT2D eigenvalue weighted by Gasteiger charge is 2.21. The van der Waals surface area contributed by atoms with Gasteiger partial charge in [0, 0.05) is 24.7 Å². The zero-order valence-electron chi connectivity index (χ0n) is 9.75. The molecule has 5 nitrogen and oxygen atoms in total. The van der Waals surface area contributed by atoms with Gasteiger partial charge in [-0.3, -0.25) is 9.48 Å². The van der Waals surface area contributed by atoms with Crippen molar-refractivity contribution in [1.82, 2.24) is 15.0 Å². The molecule has 1 N–H and O–H groups in total. The third kappa shape index (κ3) is 2.87. The zero-order valence-corrected chi connectivity index (χ0v) is 10.5. The fourth-order valence-electron chi connectivity index (χ4n) is 1.74. The van der Waals surface area contributed by atoms with E-state index in [9.17, 15) is 9.90 Å². The average Bonchev–Trinajstić information content (AvgIpc) is 2.73. The zero-order chi connectivity index (χ0) is 13.1. The smallest absolute Gasteiger partial charge is 0.311 e. The Morgan fingerprint density at radius 3 is 2.61 bits per heavy atom. The standard InChI is InChI=1S/C12H12ClN3O2/c1-16-7-10(14-15-16)6-11(12(17)18)8-2-4-9(13)5-3-8/h2-5,7,11H,6H2,1H3,(H,17,18). The Morgan fingerprint density at radius 2 is 2.11 bits per heavy atom. The molecule has 0 saturated heterocycles. The fourth-order valence-corrected chi connectivity index (χ4v) is 1.87. The van der Waals surface area contributed by atoms with E-state index in [1.807, 2.05) is 0 Å². The molecule has 6 heteroatoms. The van der Waals surface area contributed by atoms with Crippen LogP contribution in [0.5, 0.6) is 0 Å². The number of aromatic nitrogens is 3. The van der Waals surface area contributed by atoms with Crippen LogP contribution in [-0.4, -0.2) is 26.1 Å². The van der Waals surface area contributed by atoms with Crippen molar-refractivity contribution < 1.29 is 9.90 Å². The number of aliphatic carboxylic acids is 1. The lowest BCUT2D eigenvalue weighted by atomic mass is 9.95. The van der Waals surface area contributed by atoms with Crippen molar-refractivity contribution in [3.05, 3.63) is 46.7 Å². The Kier molecular flexibility index (Phi) is 3.62. The Bertz CT molecular complexity index is 551. The predicted molar refractivity (Wildman–Crippen MR) is 66.5 cm³/mol. The summed E-state index contributed by atoms with van der Waals surface area (Å²) in [7, 11) is 1.74. The lowest BCUT2D eigenvalue weighted by Crippen LogP contribution is -2.14. The molecule has 0 saturated carbocycles. The van der Waals surface area contributed by atoms with Gasteiger partial charge in [-0.15, -0.1) is 5.10 Å². The molecule has 0 aliphatic carbocycles. The molecule has 94 valence electrons. The lowest BCUT2D eigenvalue weighted by Gasteiger charge is -2.10. The molecule has 0 radical (unpaired) electrons. The monoisotopic (exact) mass is 265 g/mol. The Hall–Kier alpha value is -1.88. The normalized spacial score (nSPS) is 12.3. The number of carbonyl (C=O) groups is 1. The van der Waals surface area contributed by atoms with Crippen LogP contribution in [0.4, 0.5) is 0 Å². The molecular weight excluding hydrogens is 254 g/mol. The average molecular weight is 266 g/mol. The first-order valence-electron chi connectivity index (χ1n) is 5.39. The van der Waals surface area contributed by atoms with Crippen molar-refractivity contribution in [3.8, 4) is 0 Å². The topological polar surface area (TPSA) is 68.0 Å². The van der Waals surface area contributed by atoms with E-state index >= 15 is 0 Å². The highest BCUT2D eigenvalue weighted by atomic mass is 35.5. The number of carboxylic acids is 1. The van der Waals surface area contributed by atoms with Gasteiger partial charge >= 0.3 is 5.97 Å². The molecular formula is C12H12ClN3O2. The molecule has 2 rings (SSSR count). The third-order valence-electron chi connectivity index (χ3n) is 2.63. The van der Waals surface area contributed by atoms with Crippen molar-refractivity contribution in [2.24, 2.45) is 7.05 Å². The Morgan fingerprint density at radius 1 is 1.44 bits per heavy atom.